The number of fused-ring (bicyclic) bond motifs is 2. The zero-order chi connectivity index (χ0) is 7.19. The summed E-state index contributed by atoms with van der Waals surface area (Å²) in [4.78, 5) is 0.703. The van der Waals surface area contributed by atoms with Gasteiger partial charge in [-0.2, -0.15) is 0 Å². The van der Waals surface area contributed by atoms with Crippen molar-refractivity contribution in [3.8, 4) is 5.88 Å². The van der Waals surface area contributed by atoms with Gasteiger partial charge in [-0.15, -0.1) is 8.42 Å². The van der Waals surface area contributed by atoms with Crippen molar-refractivity contribution < 1.29 is 16.9 Å². The summed E-state index contributed by atoms with van der Waals surface area (Å²) in [6.07, 6.45) is 1.20. The lowest BCUT2D eigenvalue weighted by Crippen LogP contribution is -2.26. The van der Waals surface area contributed by atoms with Crippen LogP contribution in [0.1, 0.15) is 0 Å². The Balaban J connectivity index is 2.59. The zero-order valence-corrected chi connectivity index (χ0v) is 5.28. The largest absolute Gasteiger partial charge is 0.523 e. The molecule has 2 heterocycles. The molecule has 0 radical (unpaired) electrons. The summed E-state index contributed by atoms with van der Waals surface area (Å²) in [7, 11) is -3.95. The first kappa shape index (κ1) is 5.47. The minimum absolute atomic E-state index is 0.0914. The van der Waals surface area contributed by atoms with Crippen LogP contribution in [0.15, 0.2) is 6.20 Å². The molecule has 0 amide bonds. The van der Waals surface area contributed by atoms with E-state index in [4.69, 9.17) is 0 Å². The van der Waals surface area contributed by atoms with Crippen LogP contribution in [-0.4, -0.2) is 23.6 Å². The van der Waals surface area contributed by atoms with Crippen molar-refractivity contribution in [2.75, 3.05) is 0 Å². The van der Waals surface area contributed by atoms with Crippen LogP contribution in [0.25, 0.3) is 0 Å². The van der Waals surface area contributed by atoms with Gasteiger partial charge >= 0.3 is 10.4 Å². The summed E-state index contributed by atoms with van der Waals surface area (Å²) in [6, 6.07) is 0. The average molecular weight is 163 g/mol. The molecular weight excluding hydrogens is 162 g/mol. The molecule has 0 aliphatic carbocycles. The highest BCUT2D eigenvalue weighted by Crippen LogP contribution is 2.10. The third-order valence-corrected chi connectivity index (χ3v) is 1.52. The third-order valence-electron chi connectivity index (χ3n) is 0.807. The predicted molar refractivity (Wildman–Crippen MR) is 26.1 cm³/mol. The molecule has 7 nitrogen and oxygen atoms in total. The molecule has 1 aromatic heterocycles. The smallest absolute Gasteiger partial charge is 0.327 e. The van der Waals surface area contributed by atoms with Gasteiger partial charge in [-0.1, -0.05) is 9.94 Å². The first-order valence-corrected chi connectivity index (χ1v) is 3.56. The van der Waals surface area contributed by atoms with Gasteiger partial charge in [0.1, 0.15) is 6.20 Å². The lowest BCUT2D eigenvalue weighted by atomic mass is 10.9. The van der Waals surface area contributed by atoms with Crippen LogP contribution in [-0.2, 0) is 10.4 Å². The predicted octanol–water partition coefficient (Wildman–Crippen LogP) is -1.66. The molecule has 0 aromatic carbocycles. The summed E-state index contributed by atoms with van der Waals surface area (Å²) in [5.74, 6) is -0.0914. The number of hydrogen-bond acceptors (Lipinski definition) is 6. The fraction of sp³-hybridized carbons (Fsp3) is 0. The fourth-order valence-corrected chi connectivity index (χ4v) is 1.10. The van der Waals surface area contributed by atoms with Gasteiger partial charge in [0.05, 0.1) is 0 Å². The van der Waals surface area contributed by atoms with E-state index in [2.05, 4.69) is 18.8 Å². The lowest BCUT2D eigenvalue weighted by Gasteiger charge is -2.04. The van der Waals surface area contributed by atoms with Crippen LogP contribution >= 0.6 is 0 Å². The summed E-state index contributed by atoms with van der Waals surface area (Å²) in [5, 5.41) is 6.51. The maximum atomic E-state index is 10.5. The van der Waals surface area contributed by atoms with Crippen LogP contribution in [0.5, 0.6) is 5.88 Å². The van der Waals surface area contributed by atoms with Crippen molar-refractivity contribution in [1.82, 2.24) is 15.2 Å². The van der Waals surface area contributed by atoms with Gasteiger partial charge in [0, 0.05) is 0 Å². The molecule has 2 bridgehead atoms. The SMILES string of the molecule is O=S1(=O)Oc2cn(nn2)O1. The van der Waals surface area contributed by atoms with Gasteiger partial charge < -0.3 is 4.18 Å². The second-order valence-electron chi connectivity index (χ2n) is 1.53. The van der Waals surface area contributed by atoms with Gasteiger partial charge in [-0.25, -0.2) is 4.28 Å². The Kier molecular flexibility index (Phi) is 0.765. The molecule has 0 fully saturated rings. The molecule has 8 heteroatoms. The number of hydrogen-bond donors (Lipinski definition) is 0. The Morgan fingerprint density at radius 1 is 1.60 bits per heavy atom. The molecule has 2 rings (SSSR count). The molecule has 0 spiro atoms. The second kappa shape index (κ2) is 1.40. The monoisotopic (exact) mass is 163 g/mol. The summed E-state index contributed by atoms with van der Waals surface area (Å²) in [6.45, 7) is 0. The molecule has 0 N–H and O–H groups in total. The number of aromatic nitrogens is 3. The van der Waals surface area contributed by atoms with E-state index in [9.17, 15) is 8.42 Å². The van der Waals surface area contributed by atoms with Gasteiger partial charge in [0.25, 0.3) is 5.88 Å². The molecule has 0 saturated heterocycles. The van der Waals surface area contributed by atoms with Gasteiger partial charge in [0.15, 0.2) is 0 Å². The third kappa shape index (κ3) is 0.692. The summed E-state index contributed by atoms with van der Waals surface area (Å²) in [5.41, 5.74) is 0. The quantitative estimate of drug-likeness (QED) is 0.455. The molecule has 1 aromatic rings. The van der Waals surface area contributed by atoms with Crippen LogP contribution < -0.4 is 8.47 Å². The first-order chi connectivity index (χ1) is 4.66. The molecule has 1 aliphatic heterocycles. The molecular formula is C2HN3O4S. The topological polar surface area (TPSA) is 83.3 Å². The van der Waals surface area contributed by atoms with Crippen molar-refractivity contribution in [2.45, 2.75) is 0 Å². The lowest BCUT2D eigenvalue weighted by molar-refractivity contribution is 0.200. The summed E-state index contributed by atoms with van der Waals surface area (Å²) >= 11 is 0. The highest BCUT2D eigenvalue weighted by atomic mass is 32.3. The molecule has 1 aliphatic rings. The Morgan fingerprint density at radius 2 is 2.40 bits per heavy atom. The minimum Gasteiger partial charge on any atom is -0.327 e. The van der Waals surface area contributed by atoms with Crippen molar-refractivity contribution in [2.24, 2.45) is 0 Å². The van der Waals surface area contributed by atoms with Gasteiger partial charge in [0.2, 0.25) is 0 Å². The Labute approximate surface area is 55.4 Å². The Morgan fingerprint density at radius 3 is 3.10 bits per heavy atom. The maximum Gasteiger partial charge on any atom is 0.523 e. The zero-order valence-electron chi connectivity index (χ0n) is 4.46. The van der Waals surface area contributed by atoms with E-state index in [-0.39, 0.29) is 5.88 Å². The van der Waals surface area contributed by atoms with E-state index in [1.807, 2.05) is 0 Å². The van der Waals surface area contributed by atoms with Gasteiger partial charge in [-0.3, -0.25) is 0 Å². The van der Waals surface area contributed by atoms with E-state index in [1.54, 1.807) is 0 Å². The van der Waals surface area contributed by atoms with E-state index < -0.39 is 10.4 Å². The van der Waals surface area contributed by atoms with Crippen molar-refractivity contribution in [1.29, 1.82) is 0 Å². The van der Waals surface area contributed by atoms with Crippen LogP contribution in [0.3, 0.4) is 0 Å². The highest BCUT2D eigenvalue weighted by Gasteiger charge is 2.24. The highest BCUT2D eigenvalue weighted by molar-refractivity contribution is 7.82. The van der Waals surface area contributed by atoms with E-state index in [0.717, 1.165) is 0 Å². The minimum atomic E-state index is -3.95. The molecule has 54 valence electrons. The molecule has 10 heavy (non-hydrogen) atoms. The van der Waals surface area contributed by atoms with E-state index >= 15 is 0 Å². The number of rotatable bonds is 0. The Hall–Kier alpha value is -1.31. The van der Waals surface area contributed by atoms with Crippen LogP contribution in [0.2, 0.25) is 0 Å². The van der Waals surface area contributed by atoms with Crippen molar-refractivity contribution in [3.63, 3.8) is 0 Å². The second-order valence-corrected chi connectivity index (χ2v) is 2.66. The van der Waals surface area contributed by atoms with E-state index in [0.29, 0.717) is 4.85 Å². The molecule has 0 atom stereocenters. The first-order valence-electron chi connectivity index (χ1n) is 2.22. The standard InChI is InChI=1S/C2HN3O4S/c6-10(7)8-2-1-5(9-10)4-3-2/h1H. The molecule has 0 unspecified atom stereocenters. The van der Waals surface area contributed by atoms with Crippen molar-refractivity contribution in [3.05, 3.63) is 6.20 Å². The van der Waals surface area contributed by atoms with Crippen molar-refractivity contribution >= 4 is 10.4 Å². The average Bonchev–Trinajstić information content (AvgIpc) is 2.08. The molecule has 0 saturated carbocycles. The normalized spacial score (nSPS) is 19.2. The van der Waals surface area contributed by atoms with E-state index in [1.165, 1.54) is 6.20 Å². The van der Waals surface area contributed by atoms with Crippen LogP contribution in [0.4, 0.5) is 0 Å². The van der Waals surface area contributed by atoms with Gasteiger partial charge in [-0.05, 0) is 5.21 Å². The fourth-order valence-electron chi connectivity index (χ4n) is 0.522. The summed E-state index contributed by atoms with van der Waals surface area (Å²) < 4.78 is 29.2. The maximum absolute atomic E-state index is 10.5. The van der Waals surface area contributed by atoms with Crippen LogP contribution in [0, 0.1) is 0 Å². The Bertz CT molecular complexity index is 326. The number of nitrogens with zero attached hydrogens (tertiary/aromatic N) is 3.